The Balaban J connectivity index is 2.49. The first-order valence-corrected chi connectivity index (χ1v) is 5.56. The van der Waals surface area contributed by atoms with Crippen molar-refractivity contribution < 1.29 is 9.42 Å². The molecule has 0 saturated carbocycles. The first-order chi connectivity index (χ1) is 6.22. The smallest absolute Gasteiger partial charge is 0.172 e. The molecular weight excluding hydrogens is 185 g/mol. The fraction of sp³-hybridized carbons (Fsp3) is 0.333. The van der Waals surface area contributed by atoms with Gasteiger partial charge in [0.05, 0.1) is 6.61 Å². The standard InChI is InChI=1S/C9H14NO2P/c1-2-12-13(11)7-8-3-5-9(10)6-4-8/h3-6,11H,2,7,10H2,1H3. The molecule has 0 bridgehead atoms. The lowest BCUT2D eigenvalue weighted by Gasteiger charge is -2.08. The van der Waals surface area contributed by atoms with Crippen molar-refractivity contribution in [2.24, 2.45) is 0 Å². The summed E-state index contributed by atoms with van der Waals surface area (Å²) in [5.41, 5.74) is 7.32. The maximum atomic E-state index is 9.38. The third-order valence-electron chi connectivity index (χ3n) is 1.58. The normalized spacial score (nSPS) is 12.8. The van der Waals surface area contributed by atoms with Gasteiger partial charge in [-0.25, -0.2) is 0 Å². The van der Waals surface area contributed by atoms with E-state index in [2.05, 4.69) is 0 Å². The van der Waals surface area contributed by atoms with E-state index in [4.69, 9.17) is 10.3 Å². The van der Waals surface area contributed by atoms with Crippen LogP contribution in [-0.4, -0.2) is 11.5 Å². The van der Waals surface area contributed by atoms with Crippen LogP contribution in [0.3, 0.4) is 0 Å². The van der Waals surface area contributed by atoms with E-state index in [1.54, 1.807) is 0 Å². The van der Waals surface area contributed by atoms with Gasteiger partial charge in [-0.2, -0.15) is 0 Å². The van der Waals surface area contributed by atoms with E-state index in [0.717, 1.165) is 11.3 Å². The van der Waals surface area contributed by atoms with Gasteiger partial charge in [0, 0.05) is 11.8 Å². The molecule has 0 fully saturated rings. The Morgan fingerprint density at radius 3 is 2.54 bits per heavy atom. The molecule has 0 aliphatic heterocycles. The summed E-state index contributed by atoms with van der Waals surface area (Å²) in [6, 6.07) is 7.45. The molecule has 0 spiro atoms. The van der Waals surface area contributed by atoms with Crippen LogP contribution < -0.4 is 5.73 Å². The second kappa shape index (κ2) is 5.18. The molecule has 0 heterocycles. The number of benzene rings is 1. The highest BCUT2D eigenvalue weighted by atomic mass is 31.2. The van der Waals surface area contributed by atoms with Crippen LogP contribution in [0.2, 0.25) is 0 Å². The van der Waals surface area contributed by atoms with Crippen molar-refractivity contribution in [3.8, 4) is 0 Å². The number of hydrogen-bond donors (Lipinski definition) is 2. The second-order valence-corrected chi connectivity index (χ2v) is 3.95. The molecule has 0 aromatic heterocycles. The van der Waals surface area contributed by atoms with Crippen LogP contribution in [-0.2, 0) is 10.7 Å². The Labute approximate surface area is 79.4 Å². The molecule has 3 N–H and O–H groups in total. The number of rotatable bonds is 4. The van der Waals surface area contributed by atoms with Crippen molar-refractivity contribution in [3.05, 3.63) is 29.8 Å². The Morgan fingerprint density at radius 2 is 2.00 bits per heavy atom. The summed E-state index contributed by atoms with van der Waals surface area (Å²) in [5, 5.41) is 0. The third-order valence-corrected chi connectivity index (χ3v) is 2.77. The van der Waals surface area contributed by atoms with Crippen LogP contribution in [0.5, 0.6) is 0 Å². The molecule has 0 aliphatic carbocycles. The van der Waals surface area contributed by atoms with E-state index in [9.17, 15) is 4.89 Å². The van der Waals surface area contributed by atoms with Gasteiger partial charge in [0.1, 0.15) is 0 Å². The lowest BCUT2D eigenvalue weighted by atomic mass is 10.2. The van der Waals surface area contributed by atoms with E-state index in [1.165, 1.54) is 0 Å². The summed E-state index contributed by atoms with van der Waals surface area (Å²) in [6.45, 7) is 2.42. The minimum atomic E-state index is -1.31. The zero-order valence-electron chi connectivity index (χ0n) is 7.60. The molecule has 13 heavy (non-hydrogen) atoms. The van der Waals surface area contributed by atoms with Crippen LogP contribution in [0.15, 0.2) is 24.3 Å². The highest BCUT2D eigenvalue weighted by molar-refractivity contribution is 7.45. The van der Waals surface area contributed by atoms with E-state index in [1.807, 2.05) is 31.2 Å². The van der Waals surface area contributed by atoms with Gasteiger partial charge in [0.15, 0.2) is 8.38 Å². The van der Waals surface area contributed by atoms with E-state index < -0.39 is 8.38 Å². The summed E-state index contributed by atoms with van der Waals surface area (Å²) in [5.74, 6) is 0. The molecular formula is C9H14NO2P. The van der Waals surface area contributed by atoms with Crippen molar-refractivity contribution in [1.82, 2.24) is 0 Å². The third kappa shape index (κ3) is 3.73. The van der Waals surface area contributed by atoms with Crippen LogP contribution >= 0.6 is 8.38 Å². The lowest BCUT2D eigenvalue weighted by Crippen LogP contribution is -1.89. The van der Waals surface area contributed by atoms with Crippen molar-refractivity contribution in [3.63, 3.8) is 0 Å². The SMILES string of the molecule is CCOP(O)Cc1ccc(N)cc1. The topological polar surface area (TPSA) is 55.5 Å². The van der Waals surface area contributed by atoms with Crippen molar-refractivity contribution in [2.45, 2.75) is 13.1 Å². The summed E-state index contributed by atoms with van der Waals surface area (Å²) in [6.07, 6.45) is 0.573. The Morgan fingerprint density at radius 1 is 1.38 bits per heavy atom. The molecule has 1 unspecified atom stereocenters. The molecule has 0 aliphatic rings. The molecule has 1 atom stereocenters. The van der Waals surface area contributed by atoms with Gasteiger partial charge in [0.25, 0.3) is 0 Å². The average Bonchev–Trinajstić information content (AvgIpc) is 2.09. The molecule has 4 heteroatoms. The van der Waals surface area contributed by atoms with Gasteiger partial charge >= 0.3 is 0 Å². The lowest BCUT2D eigenvalue weighted by molar-refractivity contribution is 0.328. The maximum absolute atomic E-state index is 9.38. The minimum Gasteiger partial charge on any atom is -0.399 e. The van der Waals surface area contributed by atoms with Gasteiger partial charge in [0.2, 0.25) is 0 Å². The number of hydrogen-bond acceptors (Lipinski definition) is 3. The van der Waals surface area contributed by atoms with Crippen LogP contribution in [0, 0.1) is 0 Å². The predicted molar refractivity (Wildman–Crippen MR) is 55.3 cm³/mol. The number of nitrogens with two attached hydrogens (primary N) is 1. The summed E-state index contributed by atoms with van der Waals surface area (Å²) < 4.78 is 5.07. The Bertz CT molecular complexity index is 250. The molecule has 1 aromatic rings. The highest BCUT2D eigenvalue weighted by Gasteiger charge is 2.04. The minimum absolute atomic E-state index is 0.553. The predicted octanol–water partition coefficient (Wildman–Crippen LogP) is 2.11. The highest BCUT2D eigenvalue weighted by Crippen LogP contribution is 2.35. The first-order valence-electron chi connectivity index (χ1n) is 4.16. The molecule has 0 saturated heterocycles. The van der Waals surface area contributed by atoms with Gasteiger partial charge in [-0.1, -0.05) is 12.1 Å². The van der Waals surface area contributed by atoms with Crippen molar-refractivity contribution >= 4 is 14.1 Å². The van der Waals surface area contributed by atoms with Gasteiger partial charge in [-0.05, 0) is 24.6 Å². The van der Waals surface area contributed by atoms with Gasteiger partial charge in [-0.15, -0.1) is 0 Å². The van der Waals surface area contributed by atoms with Crippen molar-refractivity contribution in [1.29, 1.82) is 0 Å². The van der Waals surface area contributed by atoms with E-state index in [-0.39, 0.29) is 0 Å². The van der Waals surface area contributed by atoms with Gasteiger partial charge < -0.3 is 15.2 Å². The molecule has 0 radical (unpaired) electrons. The Kier molecular flexibility index (Phi) is 4.16. The molecule has 1 rings (SSSR count). The molecule has 1 aromatic carbocycles. The molecule has 0 amide bonds. The van der Waals surface area contributed by atoms with Crippen LogP contribution in [0.25, 0.3) is 0 Å². The van der Waals surface area contributed by atoms with Gasteiger partial charge in [-0.3, -0.25) is 0 Å². The summed E-state index contributed by atoms with van der Waals surface area (Å²) >= 11 is 0. The van der Waals surface area contributed by atoms with E-state index >= 15 is 0 Å². The molecule has 72 valence electrons. The monoisotopic (exact) mass is 199 g/mol. The number of nitrogen functional groups attached to an aromatic ring is 1. The fourth-order valence-corrected chi connectivity index (χ4v) is 1.89. The second-order valence-electron chi connectivity index (χ2n) is 2.67. The van der Waals surface area contributed by atoms with E-state index in [0.29, 0.717) is 12.8 Å². The van der Waals surface area contributed by atoms with Crippen molar-refractivity contribution in [2.75, 3.05) is 12.3 Å². The maximum Gasteiger partial charge on any atom is 0.172 e. The summed E-state index contributed by atoms with van der Waals surface area (Å²) in [7, 11) is -1.31. The van der Waals surface area contributed by atoms with Crippen LogP contribution in [0.1, 0.15) is 12.5 Å². The zero-order chi connectivity index (χ0) is 9.68. The zero-order valence-corrected chi connectivity index (χ0v) is 8.50. The summed E-state index contributed by atoms with van der Waals surface area (Å²) in [4.78, 5) is 9.38. The first kappa shape index (κ1) is 10.5. The largest absolute Gasteiger partial charge is 0.399 e. The van der Waals surface area contributed by atoms with Crippen LogP contribution in [0.4, 0.5) is 5.69 Å². The number of anilines is 1. The Hall–Kier alpha value is -0.630. The average molecular weight is 199 g/mol. The molecule has 3 nitrogen and oxygen atoms in total. The fourth-order valence-electron chi connectivity index (χ4n) is 0.974. The quantitative estimate of drug-likeness (QED) is 0.576.